The predicted molar refractivity (Wildman–Crippen MR) is 71.8 cm³/mol. The lowest BCUT2D eigenvalue weighted by Crippen LogP contribution is -2.29. The van der Waals surface area contributed by atoms with Gasteiger partial charge in [-0.3, -0.25) is 0 Å². The fourth-order valence-corrected chi connectivity index (χ4v) is 2.80. The minimum atomic E-state index is -0.554. The monoisotopic (exact) mass is 239 g/mol. The van der Waals surface area contributed by atoms with Crippen molar-refractivity contribution in [1.29, 1.82) is 0 Å². The minimum absolute atomic E-state index is 0.554. The summed E-state index contributed by atoms with van der Waals surface area (Å²) < 4.78 is 0. The van der Waals surface area contributed by atoms with Gasteiger partial charge in [0.1, 0.15) is 0 Å². The van der Waals surface area contributed by atoms with E-state index >= 15 is 0 Å². The summed E-state index contributed by atoms with van der Waals surface area (Å²) in [6.07, 6.45) is 1.58. The van der Waals surface area contributed by atoms with Gasteiger partial charge < -0.3 is 10.8 Å². The molecule has 0 amide bonds. The Kier molecular flexibility index (Phi) is 4.69. The van der Waals surface area contributed by atoms with Crippen molar-refractivity contribution in [2.75, 3.05) is 11.5 Å². The predicted octanol–water partition coefficient (Wildman–Crippen LogP) is 3.22. The molecule has 0 atom stereocenters. The molecule has 0 aliphatic heterocycles. The molecule has 3 N–H and O–H groups in total. The Hall–Kier alpha value is -0.670. The summed E-state index contributed by atoms with van der Waals surface area (Å²) in [5, 5.41) is 10.2. The lowest BCUT2D eigenvalue weighted by molar-refractivity contribution is 0.0572. The molecule has 90 valence electrons. The van der Waals surface area contributed by atoms with E-state index in [2.05, 4.69) is 6.07 Å². The van der Waals surface area contributed by atoms with Gasteiger partial charge in [-0.1, -0.05) is 19.9 Å². The van der Waals surface area contributed by atoms with Gasteiger partial charge in [0.2, 0.25) is 0 Å². The van der Waals surface area contributed by atoms with Gasteiger partial charge in [-0.25, -0.2) is 0 Å². The molecule has 0 aromatic heterocycles. The molecule has 0 bridgehead atoms. The zero-order valence-corrected chi connectivity index (χ0v) is 11.1. The number of benzene rings is 1. The second kappa shape index (κ2) is 5.60. The number of nitrogens with two attached hydrogens (primary N) is 1. The average Bonchev–Trinajstić information content (AvgIpc) is 2.31. The first-order chi connectivity index (χ1) is 7.52. The number of aliphatic hydroxyl groups is 1. The van der Waals surface area contributed by atoms with Crippen LogP contribution in [-0.4, -0.2) is 16.5 Å². The van der Waals surface area contributed by atoms with E-state index in [1.807, 2.05) is 32.9 Å². The summed E-state index contributed by atoms with van der Waals surface area (Å²) >= 11 is 1.69. The van der Waals surface area contributed by atoms with Gasteiger partial charge in [0.05, 0.1) is 5.60 Å². The van der Waals surface area contributed by atoms with Crippen molar-refractivity contribution in [1.82, 2.24) is 0 Å². The van der Waals surface area contributed by atoms with Crippen LogP contribution in [0.5, 0.6) is 0 Å². The maximum Gasteiger partial charge on any atom is 0.0736 e. The first-order valence-corrected chi connectivity index (χ1v) is 6.71. The van der Waals surface area contributed by atoms with Crippen molar-refractivity contribution < 1.29 is 5.11 Å². The van der Waals surface area contributed by atoms with E-state index < -0.39 is 5.60 Å². The van der Waals surface area contributed by atoms with Crippen LogP contribution in [0.3, 0.4) is 0 Å². The van der Waals surface area contributed by atoms with Crippen LogP contribution in [-0.2, 0) is 0 Å². The van der Waals surface area contributed by atoms with Crippen molar-refractivity contribution in [3.8, 4) is 0 Å². The van der Waals surface area contributed by atoms with Crippen LogP contribution in [0.25, 0.3) is 0 Å². The number of anilines is 1. The largest absolute Gasteiger partial charge is 0.398 e. The van der Waals surface area contributed by atoms with E-state index in [9.17, 15) is 5.11 Å². The van der Waals surface area contributed by atoms with E-state index in [1.165, 1.54) is 4.90 Å². The van der Waals surface area contributed by atoms with Gasteiger partial charge in [0, 0.05) is 16.3 Å². The molecule has 0 saturated heterocycles. The molecule has 1 aromatic rings. The Morgan fingerprint density at radius 3 is 2.50 bits per heavy atom. The number of rotatable bonds is 5. The molecule has 0 unspecified atom stereocenters. The van der Waals surface area contributed by atoms with Crippen LogP contribution in [0.2, 0.25) is 0 Å². The number of nitrogen functional groups attached to an aromatic ring is 1. The number of thioether (sulfide) groups is 1. The highest BCUT2D eigenvalue weighted by atomic mass is 32.2. The number of hydrogen-bond acceptors (Lipinski definition) is 3. The Balaban J connectivity index is 2.71. The second-order valence-corrected chi connectivity index (χ2v) is 5.21. The van der Waals surface area contributed by atoms with Crippen molar-refractivity contribution in [3.63, 3.8) is 0 Å². The van der Waals surface area contributed by atoms with Crippen LogP contribution >= 0.6 is 11.8 Å². The standard InChI is InChI=1S/C13H21NOS/c1-4-13(15,5-2)9-16-12-8-6-7-11(14)10(12)3/h6-8,15H,4-5,9,14H2,1-3H3. The van der Waals surface area contributed by atoms with Crippen molar-refractivity contribution in [3.05, 3.63) is 23.8 Å². The molecule has 0 fully saturated rings. The normalized spacial score (nSPS) is 11.8. The topological polar surface area (TPSA) is 46.2 Å². The van der Waals surface area contributed by atoms with Gasteiger partial charge in [0.15, 0.2) is 0 Å². The highest BCUT2D eigenvalue weighted by molar-refractivity contribution is 7.99. The third-order valence-corrected chi connectivity index (χ3v) is 4.57. The zero-order valence-electron chi connectivity index (χ0n) is 10.3. The summed E-state index contributed by atoms with van der Waals surface area (Å²) in [7, 11) is 0. The summed E-state index contributed by atoms with van der Waals surface area (Å²) in [5.74, 6) is 0.726. The van der Waals surface area contributed by atoms with Crippen LogP contribution < -0.4 is 5.73 Å². The summed E-state index contributed by atoms with van der Waals surface area (Å²) in [4.78, 5) is 1.17. The zero-order chi connectivity index (χ0) is 12.2. The Morgan fingerprint density at radius 1 is 1.31 bits per heavy atom. The highest BCUT2D eigenvalue weighted by Crippen LogP contribution is 2.30. The maximum absolute atomic E-state index is 10.2. The molecular weight excluding hydrogens is 218 g/mol. The molecule has 1 rings (SSSR count). The van der Waals surface area contributed by atoms with Gasteiger partial charge in [-0.05, 0) is 37.5 Å². The Bertz CT molecular complexity index is 348. The fourth-order valence-electron chi connectivity index (χ4n) is 1.45. The third-order valence-electron chi connectivity index (χ3n) is 3.14. The van der Waals surface area contributed by atoms with Crippen LogP contribution in [0.1, 0.15) is 32.3 Å². The molecule has 0 radical (unpaired) electrons. The lowest BCUT2D eigenvalue weighted by atomic mass is 10.0. The average molecular weight is 239 g/mol. The minimum Gasteiger partial charge on any atom is -0.398 e. The maximum atomic E-state index is 10.2. The van der Waals surface area contributed by atoms with Crippen molar-refractivity contribution in [2.45, 2.75) is 44.1 Å². The van der Waals surface area contributed by atoms with E-state index in [0.717, 1.165) is 29.8 Å². The van der Waals surface area contributed by atoms with Gasteiger partial charge in [-0.15, -0.1) is 11.8 Å². The third kappa shape index (κ3) is 3.16. The quantitative estimate of drug-likeness (QED) is 0.612. The van der Waals surface area contributed by atoms with Crippen LogP contribution in [0, 0.1) is 6.92 Å². The summed E-state index contributed by atoms with van der Waals surface area (Å²) in [6.45, 7) is 6.07. The van der Waals surface area contributed by atoms with Crippen LogP contribution in [0.4, 0.5) is 5.69 Å². The highest BCUT2D eigenvalue weighted by Gasteiger charge is 2.22. The SMILES string of the molecule is CCC(O)(CC)CSc1cccc(N)c1C. The van der Waals surface area contributed by atoms with E-state index in [1.54, 1.807) is 11.8 Å². The summed E-state index contributed by atoms with van der Waals surface area (Å²) in [6, 6.07) is 5.93. The van der Waals surface area contributed by atoms with Crippen LogP contribution in [0.15, 0.2) is 23.1 Å². The molecule has 2 nitrogen and oxygen atoms in total. The second-order valence-electron chi connectivity index (χ2n) is 4.19. The Labute approximate surface area is 102 Å². The fraction of sp³-hybridized carbons (Fsp3) is 0.538. The summed E-state index contributed by atoms with van der Waals surface area (Å²) in [5.41, 5.74) is 7.23. The molecule has 1 aromatic carbocycles. The first-order valence-electron chi connectivity index (χ1n) is 5.72. The lowest BCUT2D eigenvalue weighted by Gasteiger charge is -2.25. The molecule has 0 saturated carbocycles. The van der Waals surface area contributed by atoms with Crippen molar-refractivity contribution >= 4 is 17.4 Å². The Morgan fingerprint density at radius 2 is 1.94 bits per heavy atom. The molecule has 0 aliphatic carbocycles. The van der Waals surface area contributed by atoms with E-state index in [0.29, 0.717) is 0 Å². The first kappa shape index (κ1) is 13.4. The molecule has 16 heavy (non-hydrogen) atoms. The molecule has 0 spiro atoms. The van der Waals surface area contributed by atoms with Gasteiger partial charge in [0.25, 0.3) is 0 Å². The molecule has 3 heteroatoms. The molecule has 0 aliphatic rings. The molecule has 0 heterocycles. The smallest absolute Gasteiger partial charge is 0.0736 e. The van der Waals surface area contributed by atoms with Crippen molar-refractivity contribution in [2.24, 2.45) is 0 Å². The number of hydrogen-bond donors (Lipinski definition) is 2. The van der Waals surface area contributed by atoms with E-state index in [-0.39, 0.29) is 0 Å². The van der Waals surface area contributed by atoms with E-state index in [4.69, 9.17) is 5.73 Å². The molecular formula is C13H21NOS. The van der Waals surface area contributed by atoms with Gasteiger partial charge >= 0.3 is 0 Å². The van der Waals surface area contributed by atoms with Gasteiger partial charge in [-0.2, -0.15) is 0 Å².